The van der Waals surface area contributed by atoms with E-state index in [1.807, 2.05) is 4.90 Å². The molecule has 0 spiro atoms. The number of nitrogens with one attached hydrogen (secondary N) is 1. The molecule has 1 N–H and O–H groups in total. The number of rotatable bonds is 6. The van der Waals surface area contributed by atoms with Crippen molar-refractivity contribution in [3.8, 4) is 0 Å². The van der Waals surface area contributed by atoms with E-state index < -0.39 is 0 Å². The second-order valence-corrected chi connectivity index (χ2v) is 7.82. The van der Waals surface area contributed by atoms with Crippen LogP contribution < -0.4 is 5.32 Å². The van der Waals surface area contributed by atoms with Crippen LogP contribution in [0.4, 0.5) is 0 Å². The third-order valence-corrected chi connectivity index (χ3v) is 5.59. The number of likely N-dealkylation sites (N-methyl/N-ethyl adjacent to an activating group) is 1. The van der Waals surface area contributed by atoms with Gasteiger partial charge in [-0.15, -0.1) is 12.4 Å². The minimum absolute atomic E-state index is 0. The molecule has 24 heavy (non-hydrogen) atoms. The van der Waals surface area contributed by atoms with Crippen molar-refractivity contribution in [2.75, 3.05) is 46.3 Å². The highest BCUT2D eigenvalue weighted by Gasteiger charge is 2.44. The molecule has 2 fully saturated rings. The smallest absolute Gasteiger partial charge is 0.223 e. The highest BCUT2D eigenvalue weighted by atomic mass is 79.9. The normalized spacial score (nSPS) is 19.0. The predicted octanol–water partition coefficient (Wildman–Crippen LogP) is 2.66. The van der Waals surface area contributed by atoms with Crippen LogP contribution in [0.25, 0.3) is 0 Å². The maximum Gasteiger partial charge on any atom is 0.223 e. The van der Waals surface area contributed by atoms with Gasteiger partial charge in [-0.25, -0.2) is 0 Å². The lowest BCUT2D eigenvalue weighted by Crippen LogP contribution is -2.47. The summed E-state index contributed by atoms with van der Waals surface area (Å²) in [4.78, 5) is 16.6. The van der Waals surface area contributed by atoms with Crippen molar-refractivity contribution in [1.82, 2.24) is 15.1 Å². The Labute approximate surface area is 159 Å². The Hall–Kier alpha value is -0.620. The SMILES string of the molecule is CN(CCC(=O)N1CCNCC1)CC1(c2ccc(Br)cc2)CC1.Cl. The van der Waals surface area contributed by atoms with Gasteiger partial charge in [0.05, 0.1) is 0 Å². The fourth-order valence-corrected chi connectivity index (χ4v) is 3.71. The second kappa shape index (κ2) is 8.65. The monoisotopic (exact) mass is 415 g/mol. The Balaban J connectivity index is 0.00000208. The van der Waals surface area contributed by atoms with Gasteiger partial charge in [0.2, 0.25) is 5.91 Å². The van der Waals surface area contributed by atoms with Gasteiger partial charge >= 0.3 is 0 Å². The van der Waals surface area contributed by atoms with Crippen molar-refractivity contribution in [3.63, 3.8) is 0 Å². The van der Waals surface area contributed by atoms with E-state index in [2.05, 4.69) is 57.5 Å². The van der Waals surface area contributed by atoms with Crippen molar-refractivity contribution in [3.05, 3.63) is 34.3 Å². The molecule has 4 nitrogen and oxygen atoms in total. The van der Waals surface area contributed by atoms with E-state index >= 15 is 0 Å². The second-order valence-electron chi connectivity index (χ2n) is 6.91. The van der Waals surface area contributed by atoms with Crippen molar-refractivity contribution in [1.29, 1.82) is 0 Å². The van der Waals surface area contributed by atoms with Crippen LogP contribution in [0.1, 0.15) is 24.8 Å². The molecule has 1 saturated carbocycles. The largest absolute Gasteiger partial charge is 0.340 e. The number of benzene rings is 1. The molecule has 2 aliphatic rings. The molecule has 1 amide bonds. The van der Waals surface area contributed by atoms with Gasteiger partial charge < -0.3 is 15.1 Å². The highest BCUT2D eigenvalue weighted by Crippen LogP contribution is 2.48. The van der Waals surface area contributed by atoms with Crippen LogP contribution in [-0.2, 0) is 10.2 Å². The molecular formula is C18H27BrClN3O. The molecular weight excluding hydrogens is 390 g/mol. The number of carbonyl (C=O) groups is 1. The van der Waals surface area contributed by atoms with Crippen molar-refractivity contribution in [2.24, 2.45) is 0 Å². The maximum atomic E-state index is 12.3. The lowest BCUT2D eigenvalue weighted by Gasteiger charge is -2.29. The van der Waals surface area contributed by atoms with E-state index in [0.717, 1.165) is 43.7 Å². The average molecular weight is 417 g/mol. The number of hydrogen-bond acceptors (Lipinski definition) is 3. The minimum atomic E-state index is 0. The Bertz CT molecular complexity index is 542. The van der Waals surface area contributed by atoms with Crippen molar-refractivity contribution >= 4 is 34.2 Å². The Morgan fingerprint density at radius 3 is 2.46 bits per heavy atom. The zero-order valence-corrected chi connectivity index (χ0v) is 16.7. The first-order valence-electron chi connectivity index (χ1n) is 8.52. The van der Waals surface area contributed by atoms with Gasteiger partial charge in [0.15, 0.2) is 0 Å². The molecule has 1 aliphatic heterocycles. The molecule has 0 radical (unpaired) electrons. The zero-order valence-electron chi connectivity index (χ0n) is 14.3. The molecule has 0 aromatic heterocycles. The van der Waals surface area contributed by atoms with Gasteiger partial charge in [0, 0.05) is 55.6 Å². The van der Waals surface area contributed by atoms with E-state index in [4.69, 9.17) is 0 Å². The molecule has 1 aromatic carbocycles. The van der Waals surface area contributed by atoms with Crippen molar-refractivity contribution in [2.45, 2.75) is 24.7 Å². The molecule has 0 bridgehead atoms. The zero-order chi connectivity index (χ0) is 16.3. The Kier molecular flexibility index (Phi) is 7.10. The fourth-order valence-electron chi connectivity index (χ4n) is 3.45. The van der Waals surface area contributed by atoms with Gasteiger partial charge in [-0.05, 0) is 37.6 Å². The highest BCUT2D eigenvalue weighted by molar-refractivity contribution is 9.10. The summed E-state index contributed by atoms with van der Waals surface area (Å²) in [5.74, 6) is 0.298. The topological polar surface area (TPSA) is 35.6 Å². The molecule has 1 aromatic rings. The van der Waals surface area contributed by atoms with Crippen molar-refractivity contribution < 1.29 is 4.79 Å². The van der Waals surface area contributed by atoms with Gasteiger partial charge in [-0.1, -0.05) is 28.1 Å². The van der Waals surface area contributed by atoms with E-state index in [9.17, 15) is 4.79 Å². The molecule has 1 heterocycles. The molecule has 3 rings (SSSR count). The number of hydrogen-bond donors (Lipinski definition) is 1. The first kappa shape index (κ1) is 19.7. The Morgan fingerprint density at radius 2 is 1.88 bits per heavy atom. The van der Waals surface area contributed by atoms with E-state index in [1.165, 1.54) is 18.4 Å². The number of halogens is 2. The first-order chi connectivity index (χ1) is 11.1. The summed E-state index contributed by atoms with van der Waals surface area (Å²) in [5.41, 5.74) is 1.74. The lowest BCUT2D eigenvalue weighted by atomic mass is 9.95. The molecule has 6 heteroatoms. The standard InChI is InChI=1S/C18H26BrN3O.ClH/c1-21(11-6-17(23)22-12-9-20-10-13-22)14-18(7-8-18)15-2-4-16(19)5-3-15;/h2-5,20H,6-14H2,1H3;1H. The first-order valence-corrected chi connectivity index (χ1v) is 9.31. The maximum absolute atomic E-state index is 12.3. The number of carbonyl (C=O) groups excluding carboxylic acids is 1. The molecule has 134 valence electrons. The molecule has 0 unspecified atom stereocenters. The average Bonchev–Trinajstić information content (AvgIpc) is 3.34. The van der Waals surface area contributed by atoms with E-state index in [0.29, 0.717) is 17.7 Å². The van der Waals surface area contributed by atoms with Crippen LogP contribution in [0.2, 0.25) is 0 Å². The van der Waals surface area contributed by atoms with Crippen LogP contribution in [0, 0.1) is 0 Å². The van der Waals surface area contributed by atoms with Crippen LogP contribution in [0.3, 0.4) is 0 Å². The third kappa shape index (κ3) is 4.94. The Morgan fingerprint density at radius 1 is 1.25 bits per heavy atom. The molecule has 1 saturated heterocycles. The number of piperazine rings is 1. The van der Waals surface area contributed by atoms with Gasteiger partial charge in [-0.2, -0.15) is 0 Å². The summed E-state index contributed by atoms with van der Waals surface area (Å²) in [6, 6.07) is 8.72. The van der Waals surface area contributed by atoms with Crippen LogP contribution in [0.15, 0.2) is 28.7 Å². The number of amides is 1. The molecule has 0 atom stereocenters. The van der Waals surface area contributed by atoms with Crippen LogP contribution >= 0.6 is 28.3 Å². The van der Waals surface area contributed by atoms with E-state index in [-0.39, 0.29) is 12.4 Å². The van der Waals surface area contributed by atoms with E-state index in [1.54, 1.807) is 0 Å². The van der Waals surface area contributed by atoms with Crippen LogP contribution in [-0.4, -0.2) is 62.0 Å². The summed E-state index contributed by atoms with van der Waals surface area (Å²) >= 11 is 3.50. The summed E-state index contributed by atoms with van der Waals surface area (Å²) in [6.07, 6.45) is 3.14. The third-order valence-electron chi connectivity index (χ3n) is 5.06. The molecule has 1 aliphatic carbocycles. The van der Waals surface area contributed by atoms with Gasteiger partial charge in [0.1, 0.15) is 0 Å². The fraction of sp³-hybridized carbons (Fsp3) is 0.611. The van der Waals surface area contributed by atoms with Crippen LogP contribution in [0.5, 0.6) is 0 Å². The van der Waals surface area contributed by atoms with Gasteiger partial charge in [-0.3, -0.25) is 4.79 Å². The summed E-state index contributed by atoms with van der Waals surface area (Å²) in [5, 5.41) is 3.29. The summed E-state index contributed by atoms with van der Waals surface area (Å²) in [7, 11) is 2.14. The quantitative estimate of drug-likeness (QED) is 0.774. The van der Waals surface area contributed by atoms with Gasteiger partial charge in [0.25, 0.3) is 0 Å². The lowest BCUT2D eigenvalue weighted by molar-refractivity contribution is -0.132. The number of nitrogens with zero attached hydrogens (tertiary/aromatic N) is 2. The summed E-state index contributed by atoms with van der Waals surface area (Å²) in [6.45, 7) is 5.45. The predicted molar refractivity (Wildman–Crippen MR) is 104 cm³/mol. The minimum Gasteiger partial charge on any atom is -0.340 e. The summed E-state index contributed by atoms with van der Waals surface area (Å²) < 4.78 is 1.13.